The van der Waals surface area contributed by atoms with E-state index >= 15 is 0 Å². The quantitative estimate of drug-likeness (QED) is 0.459. The van der Waals surface area contributed by atoms with Crippen LogP contribution in [-0.2, 0) is 11.8 Å². The van der Waals surface area contributed by atoms with E-state index in [1.807, 2.05) is 24.3 Å². The molecular weight excluding hydrogens is 420 g/mol. The molecule has 1 aliphatic heterocycles. The van der Waals surface area contributed by atoms with Gasteiger partial charge < -0.3 is 19.5 Å². The van der Waals surface area contributed by atoms with Gasteiger partial charge in [0.1, 0.15) is 6.33 Å². The van der Waals surface area contributed by atoms with Crippen molar-refractivity contribution in [1.29, 1.82) is 0 Å². The molecule has 4 rings (SSSR count). The zero-order chi connectivity index (χ0) is 21.8. The lowest BCUT2D eigenvalue weighted by Crippen LogP contribution is -2.36. The van der Waals surface area contributed by atoms with Crippen LogP contribution in [0.15, 0.2) is 58.8 Å². The highest BCUT2D eigenvalue weighted by molar-refractivity contribution is 7.99. The lowest BCUT2D eigenvalue weighted by Gasteiger charge is -2.30. The minimum atomic E-state index is -0.503. The van der Waals surface area contributed by atoms with Crippen molar-refractivity contribution in [2.24, 2.45) is 7.05 Å². The third-order valence-electron chi connectivity index (χ3n) is 4.79. The lowest BCUT2D eigenvalue weighted by molar-refractivity contribution is -0.387. The molecule has 1 fully saturated rings. The zero-order valence-electron chi connectivity index (χ0n) is 16.7. The fourth-order valence-corrected chi connectivity index (χ4v) is 4.05. The molecular formula is C20H20N6O4S. The zero-order valence-corrected chi connectivity index (χ0v) is 17.5. The van der Waals surface area contributed by atoms with E-state index in [9.17, 15) is 14.9 Å². The van der Waals surface area contributed by atoms with Gasteiger partial charge in [0.15, 0.2) is 5.16 Å². The summed E-state index contributed by atoms with van der Waals surface area (Å²) >= 11 is 1.12. The monoisotopic (exact) mass is 440 g/mol. The van der Waals surface area contributed by atoms with E-state index in [1.54, 1.807) is 23.7 Å². The fourth-order valence-electron chi connectivity index (χ4n) is 3.20. The summed E-state index contributed by atoms with van der Waals surface area (Å²) in [6.45, 7) is 2.71. The molecule has 1 aromatic heterocycles. The number of carbonyl (C=O) groups is 1. The van der Waals surface area contributed by atoms with Gasteiger partial charge in [-0.1, -0.05) is 12.1 Å². The highest BCUT2D eigenvalue weighted by Gasteiger charge is 2.21. The molecule has 31 heavy (non-hydrogen) atoms. The summed E-state index contributed by atoms with van der Waals surface area (Å²) in [6, 6.07) is 11.9. The summed E-state index contributed by atoms with van der Waals surface area (Å²) in [7, 11) is 1.75. The van der Waals surface area contributed by atoms with Crippen LogP contribution >= 0.6 is 11.8 Å². The molecule has 0 saturated carbocycles. The van der Waals surface area contributed by atoms with Crippen LogP contribution in [0.3, 0.4) is 0 Å². The number of para-hydroxylation sites is 2. The first-order chi connectivity index (χ1) is 15.0. The number of benzene rings is 2. The number of anilines is 2. The minimum absolute atomic E-state index is 0.165. The van der Waals surface area contributed by atoms with E-state index in [0.29, 0.717) is 29.0 Å². The Bertz CT molecular complexity index is 1110. The van der Waals surface area contributed by atoms with Crippen LogP contribution in [0.1, 0.15) is 10.4 Å². The number of morpholine rings is 1. The SMILES string of the molecule is Cn1cnnc1Sc1ccc(C(=O)Nc2ccccc2N2CCOCC2)cc1[N+](=O)[O-]. The molecule has 2 heterocycles. The number of nitrogens with zero attached hydrogens (tertiary/aromatic N) is 5. The van der Waals surface area contributed by atoms with Gasteiger partial charge >= 0.3 is 0 Å². The number of rotatable bonds is 6. The van der Waals surface area contributed by atoms with Crippen LogP contribution < -0.4 is 10.2 Å². The summed E-state index contributed by atoms with van der Waals surface area (Å²) in [5.41, 5.74) is 1.57. The van der Waals surface area contributed by atoms with Crippen LogP contribution in [0.4, 0.5) is 17.1 Å². The lowest BCUT2D eigenvalue weighted by atomic mass is 10.1. The number of nitrogens with one attached hydrogen (secondary N) is 1. The maximum atomic E-state index is 12.9. The first-order valence-corrected chi connectivity index (χ1v) is 10.4. The molecule has 2 aromatic carbocycles. The van der Waals surface area contributed by atoms with Gasteiger partial charge in [-0.05, 0) is 36.0 Å². The van der Waals surface area contributed by atoms with Crippen molar-refractivity contribution in [2.75, 3.05) is 36.5 Å². The number of carbonyl (C=O) groups excluding carboxylic acids is 1. The van der Waals surface area contributed by atoms with Crippen molar-refractivity contribution in [2.45, 2.75) is 10.1 Å². The number of nitro groups is 1. The van der Waals surface area contributed by atoms with Crippen molar-refractivity contribution in [3.63, 3.8) is 0 Å². The molecule has 0 spiro atoms. The smallest absolute Gasteiger partial charge is 0.284 e. The first kappa shape index (κ1) is 20.8. The third kappa shape index (κ3) is 4.67. The van der Waals surface area contributed by atoms with E-state index in [4.69, 9.17) is 4.74 Å². The van der Waals surface area contributed by atoms with E-state index < -0.39 is 10.8 Å². The molecule has 1 N–H and O–H groups in total. The Balaban J connectivity index is 1.57. The number of hydrogen-bond acceptors (Lipinski definition) is 8. The number of nitro benzene ring substituents is 1. The molecule has 11 heteroatoms. The second-order valence-electron chi connectivity index (χ2n) is 6.84. The number of aryl methyl sites for hydroxylation is 1. The average Bonchev–Trinajstić information content (AvgIpc) is 3.19. The van der Waals surface area contributed by atoms with Gasteiger partial charge in [0.25, 0.3) is 11.6 Å². The molecule has 0 bridgehead atoms. The Morgan fingerprint density at radius 2 is 2.00 bits per heavy atom. The molecule has 1 saturated heterocycles. The van der Waals surface area contributed by atoms with Crippen LogP contribution in [-0.4, -0.2) is 51.9 Å². The fraction of sp³-hybridized carbons (Fsp3) is 0.250. The predicted molar refractivity (Wildman–Crippen MR) is 116 cm³/mol. The summed E-state index contributed by atoms with van der Waals surface area (Å²) in [5.74, 6) is -0.418. The topological polar surface area (TPSA) is 115 Å². The van der Waals surface area contributed by atoms with E-state index in [2.05, 4.69) is 20.4 Å². The van der Waals surface area contributed by atoms with Gasteiger partial charge in [-0.25, -0.2) is 0 Å². The Hall–Kier alpha value is -3.44. The largest absolute Gasteiger partial charge is 0.378 e. The highest BCUT2D eigenvalue weighted by Crippen LogP contribution is 2.34. The van der Waals surface area contributed by atoms with Crippen LogP contribution in [0, 0.1) is 10.1 Å². The maximum Gasteiger partial charge on any atom is 0.284 e. The molecule has 1 amide bonds. The summed E-state index contributed by atoms with van der Waals surface area (Å²) in [6.07, 6.45) is 1.52. The van der Waals surface area contributed by atoms with Crippen LogP contribution in [0.25, 0.3) is 0 Å². The van der Waals surface area contributed by atoms with Gasteiger partial charge in [-0.2, -0.15) is 0 Å². The Kier molecular flexibility index (Phi) is 6.14. The highest BCUT2D eigenvalue weighted by atomic mass is 32.2. The Morgan fingerprint density at radius 1 is 1.23 bits per heavy atom. The van der Waals surface area contributed by atoms with Crippen molar-refractivity contribution in [1.82, 2.24) is 14.8 Å². The van der Waals surface area contributed by atoms with Crippen molar-refractivity contribution in [3.05, 3.63) is 64.5 Å². The van der Waals surface area contributed by atoms with Crippen LogP contribution in [0.2, 0.25) is 0 Å². The minimum Gasteiger partial charge on any atom is -0.378 e. The first-order valence-electron chi connectivity index (χ1n) is 9.56. The van der Waals surface area contributed by atoms with E-state index in [1.165, 1.54) is 12.4 Å². The van der Waals surface area contributed by atoms with Crippen molar-refractivity contribution in [3.8, 4) is 0 Å². The van der Waals surface area contributed by atoms with Gasteiger partial charge in [0.05, 0.1) is 34.4 Å². The number of hydrogen-bond donors (Lipinski definition) is 1. The molecule has 10 nitrogen and oxygen atoms in total. The average molecular weight is 440 g/mol. The summed E-state index contributed by atoms with van der Waals surface area (Å²) < 4.78 is 7.06. The van der Waals surface area contributed by atoms with E-state index in [0.717, 1.165) is 30.5 Å². The summed E-state index contributed by atoms with van der Waals surface area (Å²) in [5, 5.41) is 22.7. The van der Waals surface area contributed by atoms with Crippen LogP contribution in [0.5, 0.6) is 0 Å². The van der Waals surface area contributed by atoms with Gasteiger partial charge in [-0.3, -0.25) is 14.9 Å². The molecule has 0 unspecified atom stereocenters. The number of aromatic nitrogens is 3. The van der Waals surface area contributed by atoms with Crippen molar-refractivity contribution >= 4 is 34.7 Å². The molecule has 3 aromatic rings. The molecule has 0 aliphatic carbocycles. The summed E-state index contributed by atoms with van der Waals surface area (Å²) in [4.78, 5) is 26.5. The Labute approximate surface area is 182 Å². The second-order valence-corrected chi connectivity index (χ2v) is 7.85. The number of ether oxygens (including phenoxy) is 1. The molecule has 0 atom stereocenters. The third-order valence-corrected chi connectivity index (χ3v) is 5.91. The van der Waals surface area contributed by atoms with Gasteiger partial charge in [0.2, 0.25) is 0 Å². The molecule has 1 aliphatic rings. The Morgan fingerprint density at radius 3 is 2.71 bits per heavy atom. The standard InChI is InChI=1S/C20H20N6O4S/c1-24-13-21-23-20(24)31-18-7-6-14(12-17(18)26(28)29)19(27)22-15-4-2-3-5-16(15)25-8-10-30-11-9-25/h2-7,12-13H,8-11H2,1H3,(H,22,27). The van der Waals surface area contributed by atoms with Gasteiger partial charge in [-0.15, -0.1) is 10.2 Å². The maximum absolute atomic E-state index is 12.9. The second kappa shape index (κ2) is 9.14. The van der Waals surface area contributed by atoms with Gasteiger partial charge in [0, 0.05) is 31.8 Å². The number of amides is 1. The normalized spacial score (nSPS) is 13.8. The predicted octanol–water partition coefficient (Wildman–Crippen LogP) is 2.96. The molecule has 160 valence electrons. The molecule has 0 radical (unpaired) electrons. The van der Waals surface area contributed by atoms with E-state index in [-0.39, 0.29) is 11.3 Å². The van der Waals surface area contributed by atoms with Crippen molar-refractivity contribution < 1.29 is 14.5 Å².